The molecular weight excluding hydrogens is 224 g/mol. The maximum absolute atomic E-state index is 11.5. The summed E-state index contributed by atoms with van der Waals surface area (Å²) in [6.07, 6.45) is 5.31. The lowest BCUT2D eigenvalue weighted by atomic mass is 9.78. The van der Waals surface area contributed by atoms with Crippen LogP contribution in [0.4, 0.5) is 0 Å². The van der Waals surface area contributed by atoms with Gasteiger partial charge in [0.25, 0.3) is 0 Å². The summed E-state index contributed by atoms with van der Waals surface area (Å²) < 4.78 is 0. The molecule has 0 fully saturated rings. The van der Waals surface area contributed by atoms with Crippen molar-refractivity contribution < 1.29 is 14.7 Å². The number of carbonyl (C=O) groups is 2. The van der Waals surface area contributed by atoms with E-state index in [-0.39, 0.29) is 11.5 Å². The van der Waals surface area contributed by atoms with Crippen molar-refractivity contribution in [1.29, 1.82) is 0 Å². The second-order valence-electron chi connectivity index (χ2n) is 4.32. The lowest BCUT2D eigenvalue weighted by Crippen LogP contribution is -2.30. The Hall–Kier alpha value is -0.510. The van der Waals surface area contributed by atoms with Gasteiger partial charge in [-0.1, -0.05) is 39.5 Å². The number of aliphatic carboxylic acids is 1. The first-order valence-corrected chi connectivity index (χ1v) is 6.38. The zero-order valence-corrected chi connectivity index (χ0v) is 11.1. The van der Waals surface area contributed by atoms with E-state index in [9.17, 15) is 9.59 Å². The van der Waals surface area contributed by atoms with Gasteiger partial charge in [0, 0.05) is 5.41 Å². The van der Waals surface area contributed by atoms with Crippen LogP contribution in [0.15, 0.2) is 0 Å². The first kappa shape index (κ1) is 15.5. The molecule has 0 aliphatic carbocycles. The van der Waals surface area contributed by atoms with Gasteiger partial charge in [0.1, 0.15) is 0 Å². The highest BCUT2D eigenvalue weighted by atomic mass is 32.1. The molecule has 0 aromatic carbocycles. The molecule has 0 spiro atoms. The van der Waals surface area contributed by atoms with Crippen LogP contribution in [0.25, 0.3) is 0 Å². The normalized spacial score (nSPS) is 14.4. The fourth-order valence-corrected chi connectivity index (χ4v) is 2.25. The quantitative estimate of drug-likeness (QED) is 0.485. The van der Waals surface area contributed by atoms with E-state index in [1.807, 2.05) is 6.92 Å². The molecule has 0 aromatic rings. The Morgan fingerprint density at radius 2 is 1.81 bits per heavy atom. The summed E-state index contributed by atoms with van der Waals surface area (Å²) in [7, 11) is 0. The van der Waals surface area contributed by atoms with Crippen LogP contribution in [0.5, 0.6) is 0 Å². The predicted molar refractivity (Wildman–Crippen MR) is 67.7 cm³/mol. The predicted octanol–water partition coefficient (Wildman–Crippen LogP) is 3.28. The Morgan fingerprint density at radius 1 is 1.19 bits per heavy atom. The third kappa shape index (κ3) is 5.01. The molecule has 0 amide bonds. The smallest absolute Gasteiger partial charge is 0.304 e. The zero-order chi connectivity index (χ0) is 12.6. The third-order valence-electron chi connectivity index (χ3n) is 3.13. The van der Waals surface area contributed by atoms with Crippen LogP contribution in [0.2, 0.25) is 0 Å². The highest BCUT2D eigenvalue weighted by Gasteiger charge is 2.36. The number of rotatable bonds is 9. The minimum absolute atomic E-state index is 0.0992. The summed E-state index contributed by atoms with van der Waals surface area (Å²) in [5.74, 6) is -0.917. The topological polar surface area (TPSA) is 54.4 Å². The van der Waals surface area contributed by atoms with Crippen LogP contribution < -0.4 is 0 Å². The van der Waals surface area contributed by atoms with Gasteiger partial charge >= 0.3 is 5.97 Å². The van der Waals surface area contributed by atoms with Gasteiger partial charge in [0.05, 0.1) is 6.42 Å². The molecule has 1 unspecified atom stereocenters. The van der Waals surface area contributed by atoms with Gasteiger partial charge in [-0.2, -0.15) is 0 Å². The molecule has 0 aliphatic rings. The van der Waals surface area contributed by atoms with Crippen molar-refractivity contribution in [3.8, 4) is 0 Å². The van der Waals surface area contributed by atoms with Crippen LogP contribution >= 0.6 is 12.6 Å². The molecule has 0 saturated carbocycles. The van der Waals surface area contributed by atoms with Gasteiger partial charge in [0.2, 0.25) is 0 Å². The number of carboxylic acids is 1. The van der Waals surface area contributed by atoms with Gasteiger partial charge in [-0.05, 0) is 12.8 Å². The third-order valence-corrected chi connectivity index (χ3v) is 3.60. The first-order chi connectivity index (χ1) is 7.48. The average molecular weight is 246 g/mol. The molecule has 1 atom stereocenters. The zero-order valence-electron chi connectivity index (χ0n) is 10.2. The SMILES string of the molecule is CCCCCCC(CC)(CC(=O)O)C(=O)S. The number of thiol groups is 1. The molecule has 0 aliphatic heterocycles. The first-order valence-electron chi connectivity index (χ1n) is 5.93. The second-order valence-corrected chi connectivity index (χ2v) is 4.73. The van der Waals surface area contributed by atoms with Crippen molar-refractivity contribution in [3.63, 3.8) is 0 Å². The Labute approximate surface area is 103 Å². The lowest BCUT2D eigenvalue weighted by Gasteiger charge is -2.27. The van der Waals surface area contributed by atoms with Crippen molar-refractivity contribution in [2.75, 3.05) is 0 Å². The minimum Gasteiger partial charge on any atom is -0.481 e. The van der Waals surface area contributed by atoms with Crippen molar-refractivity contribution in [3.05, 3.63) is 0 Å². The van der Waals surface area contributed by atoms with Gasteiger partial charge < -0.3 is 5.11 Å². The van der Waals surface area contributed by atoms with E-state index in [0.717, 1.165) is 25.7 Å². The van der Waals surface area contributed by atoms with E-state index >= 15 is 0 Å². The summed E-state index contributed by atoms with van der Waals surface area (Å²) in [4.78, 5) is 22.3. The van der Waals surface area contributed by atoms with Crippen LogP contribution in [0, 0.1) is 5.41 Å². The summed E-state index contributed by atoms with van der Waals surface area (Å²) in [5.41, 5.74) is -0.761. The molecule has 1 N–H and O–H groups in total. The Balaban J connectivity index is 4.39. The van der Waals surface area contributed by atoms with E-state index in [1.54, 1.807) is 0 Å². The van der Waals surface area contributed by atoms with Crippen LogP contribution in [-0.2, 0) is 9.59 Å². The molecule has 0 saturated heterocycles. The largest absolute Gasteiger partial charge is 0.481 e. The number of carbonyl (C=O) groups excluding carboxylic acids is 1. The average Bonchev–Trinajstić information content (AvgIpc) is 2.21. The fourth-order valence-electron chi connectivity index (χ4n) is 1.90. The van der Waals surface area contributed by atoms with E-state index in [1.165, 1.54) is 0 Å². The van der Waals surface area contributed by atoms with Crippen LogP contribution in [-0.4, -0.2) is 16.2 Å². The van der Waals surface area contributed by atoms with Gasteiger partial charge in [-0.3, -0.25) is 9.59 Å². The van der Waals surface area contributed by atoms with E-state index in [0.29, 0.717) is 12.8 Å². The highest BCUT2D eigenvalue weighted by molar-refractivity contribution is 7.96. The van der Waals surface area contributed by atoms with E-state index in [2.05, 4.69) is 19.6 Å². The van der Waals surface area contributed by atoms with Crippen molar-refractivity contribution in [2.24, 2.45) is 5.41 Å². The summed E-state index contributed by atoms with van der Waals surface area (Å²) >= 11 is 3.86. The maximum atomic E-state index is 11.5. The Morgan fingerprint density at radius 3 is 2.19 bits per heavy atom. The van der Waals surface area contributed by atoms with E-state index in [4.69, 9.17) is 5.11 Å². The standard InChI is InChI=1S/C12H22O3S/c1-3-5-6-7-8-12(4-2,11(15)16)9-10(13)14/h3-9H2,1-2H3,(H,13,14)(H,15,16). The van der Waals surface area contributed by atoms with Gasteiger partial charge in [-0.25, -0.2) is 0 Å². The summed E-state index contributed by atoms with van der Waals surface area (Å²) in [5, 5.41) is 8.56. The Kier molecular flexibility index (Phi) is 7.47. The monoisotopic (exact) mass is 246 g/mol. The molecule has 16 heavy (non-hydrogen) atoms. The van der Waals surface area contributed by atoms with Gasteiger partial charge in [0.15, 0.2) is 5.12 Å². The molecule has 3 nitrogen and oxygen atoms in total. The van der Waals surface area contributed by atoms with Crippen molar-refractivity contribution in [1.82, 2.24) is 0 Å². The number of unbranched alkanes of at least 4 members (excludes halogenated alkanes) is 3. The van der Waals surface area contributed by atoms with E-state index < -0.39 is 11.4 Å². The van der Waals surface area contributed by atoms with Crippen molar-refractivity contribution >= 4 is 23.7 Å². The Bertz CT molecular complexity index is 240. The summed E-state index contributed by atoms with van der Waals surface area (Å²) in [6.45, 7) is 3.98. The van der Waals surface area contributed by atoms with Crippen LogP contribution in [0.3, 0.4) is 0 Å². The molecule has 0 aromatic heterocycles. The minimum atomic E-state index is -0.917. The lowest BCUT2D eigenvalue weighted by molar-refractivity contribution is -0.142. The highest BCUT2D eigenvalue weighted by Crippen LogP contribution is 2.35. The molecular formula is C12H22O3S. The molecule has 0 bridgehead atoms. The fraction of sp³-hybridized carbons (Fsp3) is 0.833. The molecule has 94 valence electrons. The second kappa shape index (κ2) is 7.71. The molecule has 0 radical (unpaired) electrons. The van der Waals surface area contributed by atoms with Crippen LogP contribution in [0.1, 0.15) is 58.8 Å². The summed E-state index contributed by atoms with van der Waals surface area (Å²) in [6, 6.07) is 0. The molecule has 4 heteroatoms. The van der Waals surface area contributed by atoms with Gasteiger partial charge in [-0.15, -0.1) is 12.6 Å². The molecule has 0 heterocycles. The van der Waals surface area contributed by atoms with Crippen molar-refractivity contribution in [2.45, 2.75) is 58.8 Å². The number of hydrogen-bond donors (Lipinski definition) is 2. The maximum Gasteiger partial charge on any atom is 0.304 e. The number of carboxylic acid groups (broad SMARTS) is 1. The molecule has 0 rings (SSSR count). The number of hydrogen-bond acceptors (Lipinski definition) is 2.